The van der Waals surface area contributed by atoms with Crippen molar-refractivity contribution in [3.63, 3.8) is 0 Å². The molecule has 0 aliphatic carbocycles. The molecule has 0 bridgehead atoms. The zero-order valence-corrected chi connectivity index (χ0v) is 10.0. The molecule has 0 heterocycles. The van der Waals surface area contributed by atoms with Gasteiger partial charge in [-0.25, -0.2) is 0 Å². The summed E-state index contributed by atoms with van der Waals surface area (Å²) in [4.78, 5) is 0. The van der Waals surface area contributed by atoms with Crippen LogP contribution >= 0.6 is 15.9 Å². The Morgan fingerprint density at radius 1 is 1.50 bits per heavy atom. The largest absolute Gasteiger partial charge is 0.492 e. The van der Waals surface area contributed by atoms with Crippen LogP contribution in [0.15, 0.2) is 22.7 Å². The third kappa shape index (κ3) is 3.00. The van der Waals surface area contributed by atoms with Gasteiger partial charge in [0, 0.05) is 0 Å². The molecule has 0 unspecified atom stereocenters. The van der Waals surface area contributed by atoms with E-state index in [9.17, 15) is 5.11 Å². The Labute approximate surface area is 93.0 Å². The average molecular weight is 259 g/mol. The standard InChI is InChI=1S/C11H15BrO2/c1-3-6-14-11-5-4-9(8(2)13)7-10(11)12/h4-5,7-8,13H,3,6H2,1-2H3/t8-/m0/s1. The van der Waals surface area contributed by atoms with E-state index >= 15 is 0 Å². The molecule has 2 nitrogen and oxygen atoms in total. The summed E-state index contributed by atoms with van der Waals surface area (Å²) in [6, 6.07) is 5.64. The first-order valence-corrected chi connectivity index (χ1v) is 5.54. The van der Waals surface area contributed by atoms with Crippen LogP contribution in [0.4, 0.5) is 0 Å². The summed E-state index contributed by atoms with van der Waals surface area (Å²) >= 11 is 3.41. The highest BCUT2D eigenvalue weighted by Crippen LogP contribution is 2.28. The van der Waals surface area contributed by atoms with Crippen molar-refractivity contribution in [1.29, 1.82) is 0 Å². The number of aliphatic hydroxyl groups excluding tert-OH is 1. The van der Waals surface area contributed by atoms with Crippen molar-refractivity contribution >= 4 is 15.9 Å². The van der Waals surface area contributed by atoms with E-state index < -0.39 is 6.10 Å². The van der Waals surface area contributed by atoms with Crippen LogP contribution in [0, 0.1) is 0 Å². The molecule has 0 aliphatic heterocycles. The van der Waals surface area contributed by atoms with Gasteiger partial charge < -0.3 is 9.84 Å². The lowest BCUT2D eigenvalue weighted by atomic mass is 10.1. The fourth-order valence-electron chi connectivity index (χ4n) is 1.11. The predicted octanol–water partition coefficient (Wildman–Crippen LogP) is 3.29. The molecule has 0 aromatic heterocycles. The Bertz CT molecular complexity index is 297. The minimum Gasteiger partial charge on any atom is -0.492 e. The van der Waals surface area contributed by atoms with Gasteiger partial charge in [0.1, 0.15) is 5.75 Å². The molecule has 14 heavy (non-hydrogen) atoms. The third-order valence-electron chi connectivity index (χ3n) is 1.90. The number of rotatable bonds is 4. The van der Waals surface area contributed by atoms with E-state index in [1.165, 1.54) is 0 Å². The van der Waals surface area contributed by atoms with E-state index in [1.54, 1.807) is 6.92 Å². The van der Waals surface area contributed by atoms with Crippen LogP contribution in [-0.4, -0.2) is 11.7 Å². The van der Waals surface area contributed by atoms with Crippen molar-refractivity contribution in [1.82, 2.24) is 0 Å². The Balaban J connectivity index is 2.79. The van der Waals surface area contributed by atoms with Gasteiger partial charge in [0.05, 0.1) is 17.2 Å². The molecule has 1 rings (SSSR count). The smallest absolute Gasteiger partial charge is 0.133 e. The molecular weight excluding hydrogens is 244 g/mol. The van der Waals surface area contributed by atoms with Crippen LogP contribution < -0.4 is 4.74 Å². The van der Waals surface area contributed by atoms with Crippen LogP contribution in [0.25, 0.3) is 0 Å². The van der Waals surface area contributed by atoms with Crippen LogP contribution in [0.2, 0.25) is 0 Å². The second-order valence-corrected chi connectivity index (χ2v) is 4.07. The molecule has 1 aromatic rings. The SMILES string of the molecule is CCCOc1ccc([C@H](C)O)cc1Br. The number of hydrogen-bond acceptors (Lipinski definition) is 2. The van der Waals surface area contributed by atoms with Crippen molar-refractivity contribution in [2.24, 2.45) is 0 Å². The van der Waals surface area contributed by atoms with Crippen molar-refractivity contribution < 1.29 is 9.84 Å². The summed E-state index contributed by atoms with van der Waals surface area (Å²) in [5.74, 6) is 0.830. The molecule has 1 N–H and O–H groups in total. The van der Waals surface area contributed by atoms with Gasteiger partial charge in [0.15, 0.2) is 0 Å². The lowest BCUT2D eigenvalue weighted by Gasteiger charge is -2.10. The quantitative estimate of drug-likeness (QED) is 0.899. The molecule has 0 spiro atoms. The minimum absolute atomic E-state index is 0.438. The monoisotopic (exact) mass is 258 g/mol. The second kappa shape index (κ2) is 5.37. The van der Waals surface area contributed by atoms with Crippen LogP contribution in [0.5, 0.6) is 5.75 Å². The third-order valence-corrected chi connectivity index (χ3v) is 2.52. The molecule has 0 fully saturated rings. The molecule has 0 amide bonds. The maximum atomic E-state index is 9.35. The molecule has 1 atom stereocenters. The van der Waals surface area contributed by atoms with E-state index in [2.05, 4.69) is 22.9 Å². The van der Waals surface area contributed by atoms with Gasteiger partial charge in [0.25, 0.3) is 0 Å². The van der Waals surface area contributed by atoms with Gasteiger partial charge in [0.2, 0.25) is 0 Å². The number of hydrogen-bond donors (Lipinski definition) is 1. The van der Waals surface area contributed by atoms with Gasteiger partial charge in [-0.15, -0.1) is 0 Å². The Morgan fingerprint density at radius 2 is 2.21 bits per heavy atom. The molecule has 0 aliphatic rings. The number of ether oxygens (including phenoxy) is 1. The Morgan fingerprint density at radius 3 is 2.71 bits per heavy atom. The summed E-state index contributed by atoms with van der Waals surface area (Å²) < 4.78 is 6.39. The highest BCUT2D eigenvalue weighted by atomic mass is 79.9. The molecule has 3 heteroatoms. The van der Waals surface area contributed by atoms with Crippen LogP contribution in [0.3, 0.4) is 0 Å². The molecular formula is C11H15BrO2. The predicted molar refractivity (Wildman–Crippen MR) is 60.6 cm³/mol. The van der Waals surface area contributed by atoms with E-state index in [4.69, 9.17) is 4.74 Å². The highest BCUT2D eigenvalue weighted by molar-refractivity contribution is 9.10. The van der Waals surface area contributed by atoms with Gasteiger partial charge in [-0.1, -0.05) is 13.0 Å². The van der Waals surface area contributed by atoms with Crippen molar-refractivity contribution in [2.75, 3.05) is 6.61 Å². The zero-order valence-electron chi connectivity index (χ0n) is 8.46. The fraction of sp³-hybridized carbons (Fsp3) is 0.455. The summed E-state index contributed by atoms with van der Waals surface area (Å²) in [6.07, 6.45) is 0.552. The van der Waals surface area contributed by atoms with Gasteiger partial charge in [-0.05, 0) is 47.0 Å². The van der Waals surface area contributed by atoms with E-state index in [-0.39, 0.29) is 0 Å². The van der Waals surface area contributed by atoms with Gasteiger partial charge >= 0.3 is 0 Å². The van der Waals surface area contributed by atoms with Crippen LogP contribution in [-0.2, 0) is 0 Å². The Hall–Kier alpha value is -0.540. The van der Waals surface area contributed by atoms with Crippen LogP contribution in [0.1, 0.15) is 31.9 Å². The lowest BCUT2D eigenvalue weighted by molar-refractivity contribution is 0.199. The van der Waals surface area contributed by atoms with Gasteiger partial charge in [-0.2, -0.15) is 0 Å². The first-order chi connectivity index (χ1) is 6.65. The number of benzene rings is 1. The molecule has 1 aromatic carbocycles. The zero-order chi connectivity index (χ0) is 10.6. The maximum absolute atomic E-state index is 9.35. The maximum Gasteiger partial charge on any atom is 0.133 e. The topological polar surface area (TPSA) is 29.5 Å². The lowest BCUT2D eigenvalue weighted by Crippen LogP contribution is -1.97. The summed E-state index contributed by atoms with van der Waals surface area (Å²) in [7, 11) is 0. The summed E-state index contributed by atoms with van der Waals surface area (Å²) in [5.41, 5.74) is 0.890. The van der Waals surface area contributed by atoms with Gasteiger partial charge in [-0.3, -0.25) is 0 Å². The van der Waals surface area contributed by atoms with E-state index in [1.807, 2.05) is 18.2 Å². The van der Waals surface area contributed by atoms with Crippen molar-refractivity contribution in [3.8, 4) is 5.75 Å². The molecule has 0 saturated carbocycles. The second-order valence-electron chi connectivity index (χ2n) is 3.21. The first kappa shape index (κ1) is 11.5. The summed E-state index contributed by atoms with van der Waals surface area (Å²) in [5, 5.41) is 9.35. The molecule has 0 saturated heterocycles. The first-order valence-electron chi connectivity index (χ1n) is 4.75. The number of aliphatic hydroxyl groups is 1. The van der Waals surface area contributed by atoms with E-state index in [0.29, 0.717) is 6.61 Å². The number of halogens is 1. The van der Waals surface area contributed by atoms with Crippen molar-refractivity contribution in [3.05, 3.63) is 28.2 Å². The average Bonchev–Trinajstić information content (AvgIpc) is 2.15. The Kier molecular flexibility index (Phi) is 4.42. The normalized spacial score (nSPS) is 12.6. The van der Waals surface area contributed by atoms with Crippen molar-refractivity contribution in [2.45, 2.75) is 26.4 Å². The summed E-state index contributed by atoms with van der Waals surface area (Å²) in [6.45, 7) is 4.53. The molecule has 0 radical (unpaired) electrons. The molecule has 78 valence electrons. The highest BCUT2D eigenvalue weighted by Gasteiger charge is 2.05. The fourth-order valence-corrected chi connectivity index (χ4v) is 1.62. The minimum atomic E-state index is -0.438. The van der Waals surface area contributed by atoms with E-state index in [0.717, 1.165) is 22.2 Å².